The quantitative estimate of drug-likeness (QED) is 0.686. The van der Waals surface area contributed by atoms with E-state index in [1.807, 2.05) is 0 Å². The minimum atomic E-state index is 0.624. The van der Waals surface area contributed by atoms with Crippen LogP contribution in [0, 0.1) is 5.92 Å². The first-order valence-corrected chi connectivity index (χ1v) is 6.86. The van der Waals surface area contributed by atoms with E-state index in [2.05, 4.69) is 36.1 Å². The van der Waals surface area contributed by atoms with Crippen molar-refractivity contribution >= 4 is 0 Å². The van der Waals surface area contributed by atoms with E-state index in [1.54, 1.807) is 12.4 Å². The molecule has 0 fully saturated rings. The number of nitrogens with zero attached hydrogens (tertiary/aromatic N) is 2. The third-order valence-corrected chi connectivity index (χ3v) is 2.54. The van der Waals surface area contributed by atoms with Crippen LogP contribution in [0.3, 0.4) is 0 Å². The summed E-state index contributed by atoms with van der Waals surface area (Å²) in [4.78, 5) is 8.57. The van der Waals surface area contributed by atoms with E-state index in [1.165, 1.54) is 12.8 Å². The minimum Gasteiger partial charge on any atom is -0.477 e. The van der Waals surface area contributed by atoms with Gasteiger partial charge in [-0.2, -0.15) is 0 Å². The van der Waals surface area contributed by atoms with E-state index in [0.717, 1.165) is 31.8 Å². The number of hydrogen-bond donors (Lipinski definition) is 1. The van der Waals surface area contributed by atoms with Gasteiger partial charge < -0.3 is 10.1 Å². The van der Waals surface area contributed by atoms with Crippen molar-refractivity contribution in [2.75, 3.05) is 13.2 Å². The van der Waals surface area contributed by atoms with E-state index in [0.29, 0.717) is 11.8 Å². The smallest absolute Gasteiger partial charge is 0.232 e. The number of aromatic nitrogens is 2. The molecule has 0 radical (unpaired) electrons. The average Bonchev–Trinajstić information content (AvgIpc) is 2.36. The van der Waals surface area contributed by atoms with Gasteiger partial charge >= 0.3 is 0 Å². The van der Waals surface area contributed by atoms with Crippen LogP contribution in [0.1, 0.15) is 45.7 Å². The molecule has 0 amide bonds. The van der Waals surface area contributed by atoms with Crippen molar-refractivity contribution < 1.29 is 4.74 Å². The molecular formula is C14H25N3O. The Balaban J connectivity index is 2.24. The summed E-state index contributed by atoms with van der Waals surface area (Å²) in [5.74, 6) is 1.28. The largest absolute Gasteiger partial charge is 0.477 e. The highest BCUT2D eigenvalue weighted by Gasteiger charge is 1.99. The minimum absolute atomic E-state index is 0.624. The summed E-state index contributed by atoms with van der Waals surface area (Å²) in [6, 6.07) is 0. The second kappa shape index (κ2) is 8.86. The molecule has 0 saturated heterocycles. The van der Waals surface area contributed by atoms with Crippen LogP contribution in [0.4, 0.5) is 0 Å². The molecule has 18 heavy (non-hydrogen) atoms. The molecule has 1 aromatic rings. The van der Waals surface area contributed by atoms with Gasteiger partial charge in [0.2, 0.25) is 5.88 Å². The van der Waals surface area contributed by atoms with Crippen molar-refractivity contribution in [3.8, 4) is 5.88 Å². The van der Waals surface area contributed by atoms with Crippen molar-refractivity contribution in [3.63, 3.8) is 0 Å². The van der Waals surface area contributed by atoms with E-state index < -0.39 is 0 Å². The Morgan fingerprint density at radius 3 is 2.67 bits per heavy atom. The van der Waals surface area contributed by atoms with Crippen LogP contribution in [0.15, 0.2) is 12.4 Å². The SMILES string of the molecule is CCCCCOc1cnc(CNCC(C)C)cn1. The van der Waals surface area contributed by atoms with Crippen LogP contribution in [0.2, 0.25) is 0 Å². The molecule has 0 aliphatic carbocycles. The topological polar surface area (TPSA) is 47.0 Å². The third-order valence-electron chi connectivity index (χ3n) is 2.54. The predicted molar refractivity (Wildman–Crippen MR) is 73.6 cm³/mol. The lowest BCUT2D eigenvalue weighted by Gasteiger charge is -2.07. The predicted octanol–water partition coefficient (Wildman–Crippen LogP) is 2.79. The van der Waals surface area contributed by atoms with Gasteiger partial charge in [-0.05, 0) is 18.9 Å². The highest BCUT2D eigenvalue weighted by atomic mass is 16.5. The molecule has 0 aliphatic rings. The Morgan fingerprint density at radius 1 is 1.22 bits per heavy atom. The first-order valence-electron chi connectivity index (χ1n) is 6.86. The molecule has 0 saturated carbocycles. The second-order valence-electron chi connectivity index (χ2n) is 4.93. The van der Waals surface area contributed by atoms with E-state index >= 15 is 0 Å². The molecule has 0 unspecified atom stereocenters. The van der Waals surface area contributed by atoms with Crippen LogP contribution in [0.5, 0.6) is 5.88 Å². The molecule has 1 rings (SSSR count). The fraction of sp³-hybridized carbons (Fsp3) is 0.714. The lowest BCUT2D eigenvalue weighted by atomic mass is 10.2. The van der Waals surface area contributed by atoms with Crippen molar-refractivity contribution in [1.82, 2.24) is 15.3 Å². The van der Waals surface area contributed by atoms with Crippen molar-refractivity contribution in [2.24, 2.45) is 5.92 Å². The molecule has 0 bridgehead atoms. The fourth-order valence-corrected chi connectivity index (χ4v) is 1.53. The van der Waals surface area contributed by atoms with Gasteiger partial charge in [-0.25, -0.2) is 4.98 Å². The number of rotatable bonds is 9. The van der Waals surface area contributed by atoms with Gasteiger partial charge in [0.25, 0.3) is 0 Å². The Labute approximate surface area is 110 Å². The molecule has 0 atom stereocenters. The van der Waals surface area contributed by atoms with Crippen LogP contribution < -0.4 is 10.1 Å². The third kappa shape index (κ3) is 6.55. The number of unbranched alkanes of at least 4 members (excludes halogenated alkanes) is 2. The summed E-state index contributed by atoms with van der Waals surface area (Å²) in [5.41, 5.74) is 0.955. The van der Waals surface area contributed by atoms with Gasteiger partial charge in [0.05, 0.1) is 24.7 Å². The zero-order valence-corrected chi connectivity index (χ0v) is 11.8. The van der Waals surface area contributed by atoms with Crippen LogP contribution >= 0.6 is 0 Å². The van der Waals surface area contributed by atoms with Gasteiger partial charge in [0.1, 0.15) is 0 Å². The molecular weight excluding hydrogens is 226 g/mol. The van der Waals surface area contributed by atoms with E-state index in [4.69, 9.17) is 4.74 Å². The highest BCUT2D eigenvalue weighted by molar-refractivity contribution is 5.07. The maximum absolute atomic E-state index is 5.51. The number of hydrogen-bond acceptors (Lipinski definition) is 4. The standard InChI is InChI=1S/C14H25N3O/c1-4-5-6-7-18-14-11-16-13(10-17-14)9-15-8-12(2)3/h10-12,15H,4-9H2,1-3H3. The Kier molecular flexibility index (Phi) is 7.34. The van der Waals surface area contributed by atoms with Gasteiger partial charge in [0.15, 0.2) is 0 Å². The normalized spacial score (nSPS) is 10.9. The molecule has 102 valence electrons. The Hall–Kier alpha value is -1.16. The molecule has 4 nitrogen and oxygen atoms in total. The molecule has 4 heteroatoms. The Bertz CT molecular complexity index is 311. The maximum Gasteiger partial charge on any atom is 0.232 e. The summed E-state index contributed by atoms with van der Waals surface area (Å²) in [6.45, 7) is 9.04. The molecule has 1 N–H and O–H groups in total. The molecule has 1 aromatic heterocycles. The molecule has 0 aromatic carbocycles. The van der Waals surface area contributed by atoms with Crippen LogP contribution in [-0.4, -0.2) is 23.1 Å². The van der Waals surface area contributed by atoms with Gasteiger partial charge in [-0.3, -0.25) is 4.98 Å². The zero-order chi connectivity index (χ0) is 13.2. The Morgan fingerprint density at radius 2 is 2.06 bits per heavy atom. The number of ether oxygens (including phenoxy) is 1. The van der Waals surface area contributed by atoms with Crippen molar-refractivity contribution in [1.29, 1.82) is 0 Å². The monoisotopic (exact) mass is 251 g/mol. The molecule has 1 heterocycles. The van der Waals surface area contributed by atoms with Crippen molar-refractivity contribution in [3.05, 3.63) is 18.1 Å². The first kappa shape index (κ1) is 14.9. The van der Waals surface area contributed by atoms with E-state index in [-0.39, 0.29) is 0 Å². The maximum atomic E-state index is 5.51. The number of nitrogens with one attached hydrogen (secondary N) is 1. The average molecular weight is 251 g/mol. The van der Waals surface area contributed by atoms with E-state index in [9.17, 15) is 0 Å². The van der Waals surface area contributed by atoms with Crippen molar-refractivity contribution in [2.45, 2.75) is 46.6 Å². The summed E-state index contributed by atoms with van der Waals surface area (Å²) in [5, 5.41) is 3.34. The van der Waals surface area contributed by atoms with Gasteiger partial charge in [-0.15, -0.1) is 0 Å². The lowest BCUT2D eigenvalue weighted by molar-refractivity contribution is 0.293. The first-order chi connectivity index (χ1) is 8.72. The fourth-order valence-electron chi connectivity index (χ4n) is 1.53. The summed E-state index contributed by atoms with van der Waals surface area (Å²) in [6.07, 6.45) is 6.97. The molecule has 0 aliphatic heterocycles. The zero-order valence-electron chi connectivity index (χ0n) is 11.8. The highest BCUT2D eigenvalue weighted by Crippen LogP contribution is 2.05. The summed E-state index contributed by atoms with van der Waals surface area (Å²) in [7, 11) is 0. The van der Waals surface area contributed by atoms with Crippen LogP contribution in [0.25, 0.3) is 0 Å². The summed E-state index contributed by atoms with van der Waals surface area (Å²) < 4.78 is 5.51. The van der Waals surface area contributed by atoms with Gasteiger partial charge in [-0.1, -0.05) is 33.6 Å². The second-order valence-corrected chi connectivity index (χ2v) is 4.93. The van der Waals surface area contributed by atoms with Gasteiger partial charge in [0, 0.05) is 6.54 Å². The lowest BCUT2D eigenvalue weighted by Crippen LogP contribution is -2.19. The molecule has 0 spiro atoms. The summed E-state index contributed by atoms with van der Waals surface area (Å²) >= 11 is 0. The van der Waals surface area contributed by atoms with Crippen LogP contribution in [-0.2, 0) is 6.54 Å².